The molecule has 0 atom stereocenters. The first-order valence-electron chi connectivity index (χ1n) is 10.1. The lowest BCUT2D eigenvalue weighted by Crippen LogP contribution is -2.34. The molecule has 33 heavy (non-hydrogen) atoms. The number of nitrogens with one attached hydrogen (secondary N) is 2. The van der Waals surface area contributed by atoms with Gasteiger partial charge in [0.1, 0.15) is 16.5 Å². The number of nitrogens with zero attached hydrogens (tertiary/aromatic N) is 2. The van der Waals surface area contributed by atoms with Crippen LogP contribution >= 0.6 is 23.6 Å². The number of hydrogen-bond acceptors (Lipinski definition) is 6. The number of hydrogen-bond donors (Lipinski definition) is 2. The molecule has 2 heterocycles. The van der Waals surface area contributed by atoms with Crippen LogP contribution < -0.4 is 15.4 Å². The van der Waals surface area contributed by atoms with E-state index in [-0.39, 0.29) is 28.9 Å². The van der Waals surface area contributed by atoms with Gasteiger partial charge in [0.25, 0.3) is 5.91 Å². The van der Waals surface area contributed by atoms with E-state index in [0.717, 1.165) is 24.5 Å². The zero-order chi connectivity index (χ0) is 23.8. The third-order valence-corrected chi connectivity index (χ3v) is 5.53. The van der Waals surface area contributed by atoms with E-state index in [4.69, 9.17) is 17.0 Å². The van der Waals surface area contributed by atoms with Gasteiger partial charge in [0, 0.05) is 29.0 Å². The van der Waals surface area contributed by atoms with E-state index in [0.29, 0.717) is 11.4 Å². The maximum absolute atomic E-state index is 13.5. The highest BCUT2D eigenvalue weighted by molar-refractivity contribution is 7.80. The van der Waals surface area contributed by atoms with Crippen molar-refractivity contribution in [2.75, 3.05) is 11.9 Å². The summed E-state index contributed by atoms with van der Waals surface area (Å²) in [6.45, 7) is 2.20. The van der Waals surface area contributed by atoms with Gasteiger partial charge in [-0.05, 0) is 49.0 Å². The number of halogens is 3. The molecule has 2 N–H and O–H groups in total. The predicted octanol–water partition coefficient (Wildman–Crippen LogP) is 5.92. The summed E-state index contributed by atoms with van der Waals surface area (Å²) in [5, 5.41) is 7.09. The number of thiazole rings is 1. The molecule has 0 bridgehead atoms. The Balaban J connectivity index is 1.64. The summed E-state index contributed by atoms with van der Waals surface area (Å²) in [7, 11) is 0. The smallest absolute Gasteiger partial charge is 0.420 e. The number of benzene rings is 1. The Bertz CT molecular complexity index is 1100. The van der Waals surface area contributed by atoms with Crippen LogP contribution in [0.5, 0.6) is 5.75 Å². The van der Waals surface area contributed by atoms with Crippen molar-refractivity contribution in [3.05, 3.63) is 59.4 Å². The van der Waals surface area contributed by atoms with Gasteiger partial charge in [-0.1, -0.05) is 19.8 Å². The molecule has 1 aromatic carbocycles. The summed E-state index contributed by atoms with van der Waals surface area (Å²) in [6.07, 6.45) is 1.11. The van der Waals surface area contributed by atoms with Crippen LogP contribution in [0.3, 0.4) is 0 Å². The van der Waals surface area contributed by atoms with Gasteiger partial charge in [0.05, 0.1) is 12.2 Å². The number of aromatic nitrogens is 2. The molecule has 0 aliphatic heterocycles. The van der Waals surface area contributed by atoms with Gasteiger partial charge < -0.3 is 10.1 Å². The number of unbranched alkanes of at least 4 members (excludes halogenated alkanes) is 2. The molecule has 0 saturated carbocycles. The van der Waals surface area contributed by atoms with Crippen LogP contribution in [0.2, 0.25) is 0 Å². The van der Waals surface area contributed by atoms with Crippen LogP contribution in [-0.4, -0.2) is 27.6 Å². The highest BCUT2D eigenvalue weighted by Gasteiger charge is 2.34. The number of carbonyl (C=O) groups excluding carboxylic acids is 1. The first-order valence-corrected chi connectivity index (χ1v) is 11.4. The van der Waals surface area contributed by atoms with E-state index in [1.165, 1.54) is 23.5 Å². The number of anilines is 1. The highest BCUT2D eigenvalue weighted by Crippen LogP contribution is 2.38. The summed E-state index contributed by atoms with van der Waals surface area (Å²) in [5.74, 6) is -0.818. The topological polar surface area (TPSA) is 76.1 Å². The van der Waals surface area contributed by atoms with Crippen molar-refractivity contribution in [1.82, 2.24) is 15.3 Å². The Kier molecular flexibility index (Phi) is 8.34. The SMILES string of the molecule is CCCCCOc1ccc(NC(=S)NC(=O)c2csc(-c3ccncc3)n2)cc1C(F)(F)F. The van der Waals surface area contributed by atoms with Crippen LogP contribution in [0.1, 0.15) is 42.2 Å². The van der Waals surface area contributed by atoms with Crippen LogP contribution in [0.15, 0.2) is 48.1 Å². The van der Waals surface area contributed by atoms with Crippen molar-refractivity contribution >= 4 is 40.3 Å². The largest absolute Gasteiger partial charge is 0.493 e. The third-order valence-electron chi connectivity index (χ3n) is 4.44. The number of alkyl halides is 3. The normalized spacial score (nSPS) is 11.2. The van der Waals surface area contributed by atoms with E-state index < -0.39 is 17.6 Å². The third kappa shape index (κ3) is 6.96. The van der Waals surface area contributed by atoms with Gasteiger partial charge >= 0.3 is 6.18 Å². The fourth-order valence-electron chi connectivity index (χ4n) is 2.82. The second-order valence-corrected chi connectivity index (χ2v) is 8.21. The van der Waals surface area contributed by atoms with Gasteiger partial charge in [0.2, 0.25) is 0 Å². The lowest BCUT2D eigenvalue weighted by Gasteiger charge is -2.16. The Morgan fingerprint density at radius 2 is 1.94 bits per heavy atom. The van der Waals surface area contributed by atoms with Crippen molar-refractivity contribution in [2.24, 2.45) is 0 Å². The summed E-state index contributed by atoms with van der Waals surface area (Å²) < 4.78 is 45.8. The molecule has 0 radical (unpaired) electrons. The number of carbonyl (C=O) groups is 1. The molecule has 3 rings (SSSR count). The average molecular weight is 495 g/mol. The van der Waals surface area contributed by atoms with Crippen LogP contribution in [0.25, 0.3) is 10.6 Å². The molecule has 3 aromatic rings. The molecule has 11 heteroatoms. The maximum Gasteiger partial charge on any atom is 0.420 e. The second kappa shape index (κ2) is 11.2. The zero-order valence-corrected chi connectivity index (χ0v) is 19.2. The van der Waals surface area contributed by atoms with E-state index >= 15 is 0 Å². The molecule has 1 amide bonds. The molecule has 0 unspecified atom stereocenters. The molecule has 0 saturated heterocycles. The second-order valence-electron chi connectivity index (χ2n) is 6.95. The summed E-state index contributed by atoms with van der Waals surface area (Å²) in [5.41, 5.74) is 0.109. The average Bonchev–Trinajstić information content (AvgIpc) is 3.28. The van der Waals surface area contributed by atoms with Gasteiger partial charge in [-0.15, -0.1) is 11.3 Å². The number of amides is 1. The lowest BCUT2D eigenvalue weighted by molar-refractivity contribution is -0.138. The molecular weight excluding hydrogens is 473 g/mol. The quantitative estimate of drug-likeness (QED) is 0.299. The molecule has 0 fully saturated rings. The monoisotopic (exact) mass is 494 g/mol. The van der Waals surface area contributed by atoms with Crippen LogP contribution in [0.4, 0.5) is 18.9 Å². The molecule has 0 spiro atoms. The number of thiocarbonyl (C=S) groups is 1. The van der Waals surface area contributed by atoms with Gasteiger partial charge in [-0.3, -0.25) is 15.1 Å². The standard InChI is InChI=1S/C22H21F3N4O2S2/c1-2-3-4-11-31-18-6-5-15(12-16(18)22(23,24)25)27-21(32)29-19(30)17-13-33-20(28-17)14-7-9-26-10-8-14/h5-10,12-13H,2-4,11H2,1H3,(H2,27,29,30,32). The lowest BCUT2D eigenvalue weighted by atomic mass is 10.1. The van der Waals surface area contributed by atoms with Crippen LogP contribution in [0, 0.1) is 0 Å². The van der Waals surface area contributed by atoms with Crippen molar-refractivity contribution in [1.29, 1.82) is 0 Å². The summed E-state index contributed by atoms with van der Waals surface area (Å²) >= 11 is 6.37. The summed E-state index contributed by atoms with van der Waals surface area (Å²) in [6, 6.07) is 7.08. The Morgan fingerprint density at radius 3 is 2.64 bits per heavy atom. The fraction of sp³-hybridized carbons (Fsp3) is 0.273. The van der Waals surface area contributed by atoms with Crippen molar-refractivity contribution in [2.45, 2.75) is 32.4 Å². The van der Waals surface area contributed by atoms with Gasteiger partial charge in [-0.2, -0.15) is 13.2 Å². The Morgan fingerprint density at radius 1 is 1.18 bits per heavy atom. The van der Waals surface area contributed by atoms with E-state index in [1.807, 2.05) is 6.92 Å². The first-order chi connectivity index (χ1) is 15.8. The molecule has 0 aliphatic carbocycles. The minimum atomic E-state index is -4.60. The minimum absolute atomic E-state index is 0.0734. The van der Waals surface area contributed by atoms with Crippen LogP contribution in [-0.2, 0) is 6.18 Å². The van der Waals surface area contributed by atoms with E-state index in [2.05, 4.69) is 20.6 Å². The fourth-order valence-corrected chi connectivity index (χ4v) is 3.84. The maximum atomic E-state index is 13.5. The Labute approximate surface area is 198 Å². The number of pyridine rings is 1. The highest BCUT2D eigenvalue weighted by atomic mass is 32.1. The molecule has 6 nitrogen and oxygen atoms in total. The number of ether oxygens (including phenoxy) is 1. The molecule has 174 valence electrons. The Hall–Kier alpha value is -3.05. The molecular formula is C22H21F3N4O2S2. The van der Waals surface area contributed by atoms with Crippen molar-refractivity contribution < 1.29 is 22.7 Å². The predicted molar refractivity (Wildman–Crippen MR) is 125 cm³/mol. The summed E-state index contributed by atoms with van der Waals surface area (Å²) in [4.78, 5) is 20.6. The van der Waals surface area contributed by atoms with Crippen molar-refractivity contribution in [3.8, 4) is 16.3 Å². The van der Waals surface area contributed by atoms with E-state index in [9.17, 15) is 18.0 Å². The minimum Gasteiger partial charge on any atom is -0.493 e. The van der Waals surface area contributed by atoms with Crippen molar-refractivity contribution in [3.63, 3.8) is 0 Å². The van der Waals surface area contributed by atoms with Gasteiger partial charge in [0.15, 0.2) is 5.11 Å². The van der Waals surface area contributed by atoms with E-state index in [1.54, 1.807) is 29.9 Å². The molecule has 0 aliphatic rings. The number of rotatable bonds is 8. The zero-order valence-electron chi connectivity index (χ0n) is 17.6. The molecule has 2 aromatic heterocycles. The van der Waals surface area contributed by atoms with Gasteiger partial charge in [-0.25, -0.2) is 4.98 Å². The first kappa shape index (κ1) is 24.6.